The van der Waals surface area contributed by atoms with Gasteiger partial charge in [-0.3, -0.25) is 4.99 Å². The SMILES string of the molecule is CN=C(NCCOC)NCc1ccc(OC)c(F)c1. The molecule has 0 bridgehead atoms. The highest BCUT2D eigenvalue weighted by molar-refractivity contribution is 5.79. The van der Waals surface area contributed by atoms with Crippen LogP contribution in [0.5, 0.6) is 5.75 Å². The fourth-order valence-electron chi connectivity index (χ4n) is 1.50. The highest BCUT2D eigenvalue weighted by Gasteiger charge is 2.04. The predicted molar refractivity (Wildman–Crippen MR) is 73.0 cm³/mol. The van der Waals surface area contributed by atoms with Crippen molar-refractivity contribution in [3.8, 4) is 5.75 Å². The van der Waals surface area contributed by atoms with Gasteiger partial charge >= 0.3 is 0 Å². The molecule has 1 aromatic rings. The lowest BCUT2D eigenvalue weighted by atomic mass is 10.2. The van der Waals surface area contributed by atoms with Crippen molar-refractivity contribution in [2.24, 2.45) is 4.99 Å². The molecular formula is C13H20FN3O2. The molecule has 0 aliphatic heterocycles. The first-order valence-electron chi connectivity index (χ1n) is 5.97. The summed E-state index contributed by atoms with van der Waals surface area (Å²) in [7, 11) is 4.76. The Morgan fingerprint density at radius 2 is 2.11 bits per heavy atom. The van der Waals surface area contributed by atoms with E-state index in [1.54, 1.807) is 26.3 Å². The van der Waals surface area contributed by atoms with E-state index in [0.717, 1.165) is 5.56 Å². The van der Waals surface area contributed by atoms with Crippen molar-refractivity contribution in [1.29, 1.82) is 0 Å². The van der Waals surface area contributed by atoms with Crippen molar-refractivity contribution in [3.63, 3.8) is 0 Å². The highest BCUT2D eigenvalue weighted by Crippen LogP contribution is 2.17. The Morgan fingerprint density at radius 1 is 1.32 bits per heavy atom. The monoisotopic (exact) mass is 269 g/mol. The molecule has 0 atom stereocenters. The second kappa shape index (κ2) is 8.31. The van der Waals surface area contributed by atoms with E-state index < -0.39 is 0 Å². The molecule has 0 saturated carbocycles. The first-order chi connectivity index (χ1) is 9.21. The summed E-state index contributed by atoms with van der Waals surface area (Å²) in [4.78, 5) is 4.05. The van der Waals surface area contributed by atoms with Gasteiger partial charge < -0.3 is 20.1 Å². The summed E-state index contributed by atoms with van der Waals surface area (Å²) >= 11 is 0. The Bertz CT molecular complexity index is 424. The Labute approximate surface area is 112 Å². The van der Waals surface area contributed by atoms with Crippen LogP contribution < -0.4 is 15.4 Å². The van der Waals surface area contributed by atoms with Crippen LogP contribution in [0.2, 0.25) is 0 Å². The van der Waals surface area contributed by atoms with E-state index in [1.165, 1.54) is 13.2 Å². The predicted octanol–water partition coefficient (Wildman–Crippen LogP) is 1.15. The van der Waals surface area contributed by atoms with E-state index in [2.05, 4.69) is 15.6 Å². The maximum Gasteiger partial charge on any atom is 0.191 e. The Balaban J connectivity index is 2.48. The average Bonchev–Trinajstić information content (AvgIpc) is 2.43. The number of rotatable bonds is 6. The maximum absolute atomic E-state index is 13.5. The van der Waals surface area contributed by atoms with Crippen molar-refractivity contribution in [1.82, 2.24) is 10.6 Å². The number of aliphatic imine (C=N–C) groups is 1. The number of ether oxygens (including phenoxy) is 2. The van der Waals surface area contributed by atoms with Crippen LogP contribution in [-0.4, -0.2) is 40.4 Å². The van der Waals surface area contributed by atoms with Gasteiger partial charge in [0.25, 0.3) is 0 Å². The molecule has 2 N–H and O–H groups in total. The summed E-state index contributed by atoms with van der Waals surface area (Å²) in [5, 5.41) is 6.16. The van der Waals surface area contributed by atoms with Gasteiger partial charge in [0, 0.05) is 27.2 Å². The van der Waals surface area contributed by atoms with Crippen LogP contribution in [0.3, 0.4) is 0 Å². The second-order valence-corrected chi connectivity index (χ2v) is 3.81. The number of halogens is 1. The fourth-order valence-corrected chi connectivity index (χ4v) is 1.50. The first-order valence-corrected chi connectivity index (χ1v) is 5.97. The molecule has 0 saturated heterocycles. The lowest BCUT2D eigenvalue weighted by molar-refractivity contribution is 0.203. The van der Waals surface area contributed by atoms with Crippen molar-refractivity contribution in [2.75, 3.05) is 34.4 Å². The van der Waals surface area contributed by atoms with E-state index in [4.69, 9.17) is 9.47 Å². The summed E-state index contributed by atoms with van der Waals surface area (Å²) in [5.41, 5.74) is 0.813. The molecule has 0 heterocycles. The molecule has 1 aromatic carbocycles. The largest absolute Gasteiger partial charge is 0.494 e. The van der Waals surface area contributed by atoms with E-state index >= 15 is 0 Å². The summed E-state index contributed by atoms with van der Waals surface area (Å²) < 4.78 is 23.3. The molecule has 0 spiro atoms. The number of nitrogens with one attached hydrogen (secondary N) is 2. The Hall–Kier alpha value is -1.82. The van der Waals surface area contributed by atoms with Crippen molar-refractivity contribution in [3.05, 3.63) is 29.6 Å². The molecule has 0 radical (unpaired) electrons. The number of nitrogens with zero attached hydrogens (tertiary/aromatic N) is 1. The van der Waals surface area contributed by atoms with Gasteiger partial charge in [0.1, 0.15) is 0 Å². The molecule has 6 heteroatoms. The molecule has 0 aliphatic carbocycles. The zero-order valence-electron chi connectivity index (χ0n) is 11.5. The summed E-state index contributed by atoms with van der Waals surface area (Å²) in [6.45, 7) is 1.73. The number of benzene rings is 1. The van der Waals surface area contributed by atoms with Crippen LogP contribution in [-0.2, 0) is 11.3 Å². The number of hydrogen-bond donors (Lipinski definition) is 2. The molecule has 0 amide bonds. The third-order valence-corrected chi connectivity index (χ3v) is 2.50. The van der Waals surface area contributed by atoms with Gasteiger partial charge in [-0.1, -0.05) is 6.07 Å². The molecule has 0 unspecified atom stereocenters. The quantitative estimate of drug-likeness (QED) is 0.462. The molecule has 1 rings (SSSR count). The van der Waals surface area contributed by atoms with Gasteiger partial charge in [-0.2, -0.15) is 0 Å². The van der Waals surface area contributed by atoms with Crippen LogP contribution in [0.25, 0.3) is 0 Å². The molecule has 106 valence electrons. The fraction of sp³-hybridized carbons (Fsp3) is 0.462. The van der Waals surface area contributed by atoms with Gasteiger partial charge in [0.15, 0.2) is 17.5 Å². The van der Waals surface area contributed by atoms with Gasteiger partial charge in [-0.25, -0.2) is 4.39 Å². The van der Waals surface area contributed by atoms with E-state index in [0.29, 0.717) is 25.7 Å². The van der Waals surface area contributed by atoms with Crippen LogP contribution in [0, 0.1) is 5.82 Å². The second-order valence-electron chi connectivity index (χ2n) is 3.81. The Morgan fingerprint density at radius 3 is 2.68 bits per heavy atom. The van der Waals surface area contributed by atoms with Gasteiger partial charge in [-0.05, 0) is 17.7 Å². The number of hydrogen-bond acceptors (Lipinski definition) is 3. The molecule has 19 heavy (non-hydrogen) atoms. The molecule has 0 aromatic heterocycles. The maximum atomic E-state index is 13.5. The normalized spacial score (nSPS) is 11.3. The number of guanidine groups is 1. The van der Waals surface area contributed by atoms with Gasteiger partial charge in [-0.15, -0.1) is 0 Å². The molecule has 0 aliphatic rings. The minimum atomic E-state index is -0.371. The summed E-state index contributed by atoms with van der Waals surface area (Å²) in [5.74, 6) is 0.517. The summed E-state index contributed by atoms with van der Waals surface area (Å²) in [6.07, 6.45) is 0. The van der Waals surface area contributed by atoms with E-state index in [1.807, 2.05) is 0 Å². The lowest BCUT2D eigenvalue weighted by Crippen LogP contribution is -2.38. The standard InChI is InChI=1S/C13H20FN3O2/c1-15-13(16-6-7-18-2)17-9-10-4-5-12(19-3)11(14)8-10/h4-5,8H,6-7,9H2,1-3H3,(H2,15,16,17). The zero-order valence-corrected chi connectivity index (χ0v) is 11.5. The Kier molecular flexibility index (Phi) is 6.67. The van der Waals surface area contributed by atoms with Crippen LogP contribution >= 0.6 is 0 Å². The average molecular weight is 269 g/mol. The van der Waals surface area contributed by atoms with Crippen molar-refractivity contribution in [2.45, 2.75) is 6.54 Å². The van der Waals surface area contributed by atoms with E-state index in [9.17, 15) is 4.39 Å². The zero-order chi connectivity index (χ0) is 14.1. The third-order valence-electron chi connectivity index (χ3n) is 2.50. The molecule has 0 fully saturated rings. The molecular weight excluding hydrogens is 249 g/mol. The highest BCUT2D eigenvalue weighted by atomic mass is 19.1. The van der Waals surface area contributed by atoms with Crippen LogP contribution in [0.15, 0.2) is 23.2 Å². The topological polar surface area (TPSA) is 54.9 Å². The minimum absolute atomic E-state index is 0.242. The van der Waals surface area contributed by atoms with E-state index in [-0.39, 0.29) is 11.6 Å². The van der Waals surface area contributed by atoms with Gasteiger partial charge in [0.2, 0.25) is 0 Å². The van der Waals surface area contributed by atoms with Crippen molar-refractivity contribution < 1.29 is 13.9 Å². The first kappa shape index (κ1) is 15.2. The summed E-state index contributed by atoms with van der Waals surface area (Å²) in [6, 6.07) is 4.85. The number of methoxy groups -OCH3 is 2. The minimum Gasteiger partial charge on any atom is -0.494 e. The third kappa shape index (κ3) is 5.13. The van der Waals surface area contributed by atoms with Crippen LogP contribution in [0.4, 0.5) is 4.39 Å². The smallest absolute Gasteiger partial charge is 0.191 e. The lowest BCUT2D eigenvalue weighted by Gasteiger charge is -2.12. The van der Waals surface area contributed by atoms with Crippen LogP contribution in [0.1, 0.15) is 5.56 Å². The molecule has 5 nitrogen and oxygen atoms in total. The van der Waals surface area contributed by atoms with Crippen molar-refractivity contribution >= 4 is 5.96 Å². The van der Waals surface area contributed by atoms with Gasteiger partial charge in [0.05, 0.1) is 13.7 Å².